The summed E-state index contributed by atoms with van der Waals surface area (Å²) >= 11 is 6.66. The smallest absolute Gasteiger partial charge is 0.274 e. The summed E-state index contributed by atoms with van der Waals surface area (Å²) in [6.45, 7) is 6.18. The number of rotatable bonds is 8. The number of nitriles is 1. The Hall–Kier alpha value is -4.68. The average Bonchev–Trinajstić information content (AvgIpc) is 3.43. The van der Waals surface area contributed by atoms with E-state index in [4.69, 9.17) is 11.6 Å². The van der Waals surface area contributed by atoms with Crippen molar-refractivity contribution in [2.24, 2.45) is 0 Å². The number of hydrogen-bond donors (Lipinski definition) is 2. The van der Waals surface area contributed by atoms with Gasteiger partial charge in [-0.15, -0.1) is 0 Å². The van der Waals surface area contributed by atoms with E-state index in [1.54, 1.807) is 24.4 Å². The van der Waals surface area contributed by atoms with E-state index in [0.29, 0.717) is 45.9 Å². The molecule has 0 radical (unpaired) electrons. The number of nitrogens with zero attached hydrogens (tertiary/aromatic N) is 4. The first kappa shape index (κ1) is 29.8. The fourth-order valence-electron chi connectivity index (χ4n) is 5.21. The number of aryl methyl sites for hydroxylation is 1. The van der Waals surface area contributed by atoms with Gasteiger partial charge in [-0.2, -0.15) is 5.26 Å². The van der Waals surface area contributed by atoms with E-state index in [1.165, 1.54) is 18.3 Å². The van der Waals surface area contributed by atoms with Gasteiger partial charge in [0.25, 0.3) is 5.91 Å². The minimum Gasteiger partial charge on any atom is -0.392 e. The predicted molar refractivity (Wildman–Crippen MR) is 168 cm³/mol. The Morgan fingerprint density at radius 2 is 2.00 bits per heavy atom. The van der Waals surface area contributed by atoms with Crippen LogP contribution < -0.4 is 5.32 Å². The van der Waals surface area contributed by atoms with Crippen LogP contribution in [0.3, 0.4) is 0 Å². The SMILES string of the molecule is Cc1cc(/C=C/c2nccc(-c3cccc(NC(=O)c4ccc(C=O)cn4)c3C)c2C#N)c(Cl)cc1CN1CC[C@@H](O)C1. The predicted octanol–water partition coefficient (Wildman–Crippen LogP) is 6.09. The summed E-state index contributed by atoms with van der Waals surface area (Å²) in [5.74, 6) is -0.409. The zero-order valence-electron chi connectivity index (χ0n) is 23.8. The van der Waals surface area contributed by atoms with Crippen molar-refractivity contribution in [2.45, 2.75) is 32.9 Å². The van der Waals surface area contributed by atoms with Crippen molar-refractivity contribution in [1.82, 2.24) is 14.9 Å². The molecule has 1 amide bonds. The fraction of sp³-hybridized carbons (Fsp3) is 0.206. The second-order valence-corrected chi connectivity index (χ2v) is 11.0. The highest BCUT2D eigenvalue weighted by Crippen LogP contribution is 2.33. The first-order chi connectivity index (χ1) is 20.8. The number of halogens is 1. The van der Waals surface area contributed by atoms with Crippen LogP contribution in [-0.4, -0.2) is 51.4 Å². The Bertz CT molecular complexity index is 1760. The lowest BCUT2D eigenvalue weighted by Crippen LogP contribution is -2.22. The van der Waals surface area contributed by atoms with E-state index in [1.807, 2.05) is 44.2 Å². The summed E-state index contributed by atoms with van der Waals surface area (Å²) < 4.78 is 0. The maximum atomic E-state index is 12.8. The molecule has 43 heavy (non-hydrogen) atoms. The monoisotopic (exact) mass is 591 g/mol. The van der Waals surface area contributed by atoms with Gasteiger partial charge in [-0.05, 0) is 84.5 Å². The lowest BCUT2D eigenvalue weighted by Gasteiger charge is -2.17. The number of anilines is 1. The molecule has 8 nitrogen and oxygen atoms in total. The molecule has 0 spiro atoms. The van der Waals surface area contributed by atoms with Crippen LogP contribution in [0.15, 0.2) is 60.9 Å². The summed E-state index contributed by atoms with van der Waals surface area (Å²) in [4.78, 5) is 34.5. The Morgan fingerprint density at radius 3 is 2.70 bits per heavy atom. The number of hydrogen-bond acceptors (Lipinski definition) is 7. The van der Waals surface area contributed by atoms with Crippen LogP contribution in [0.2, 0.25) is 5.02 Å². The number of pyridine rings is 2. The number of carbonyl (C=O) groups is 2. The summed E-state index contributed by atoms with van der Waals surface area (Å²) in [6, 6.07) is 16.6. The van der Waals surface area contributed by atoms with Crippen LogP contribution in [0.4, 0.5) is 5.69 Å². The Labute approximate surface area is 255 Å². The van der Waals surface area contributed by atoms with Crippen molar-refractivity contribution in [1.29, 1.82) is 5.26 Å². The number of aromatic nitrogens is 2. The fourth-order valence-corrected chi connectivity index (χ4v) is 5.46. The Balaban J connectivity index is 1.40. The Kier molecular flexibility index (Phi) is 9.07. The highest BCUT2D eigenvalue weighted by molar-refractivity contribution is 6.32. The van der Waals surface area contributed by atoms with Crippen LogP contribution in [0.5, 0.6) is 0 Å². The molecule has 4 aromatic rings. The van der Waals surface area contributed by atoms with Crippen LogP contribution >= 0.6 is 11.6 Å². The molecule has 1 aliphatic rings. The largest absolute Gasteiger partial charge is 0.392 e. The first-order valence-corrected chi connectivity index (χ1v) is 14.2. The maximum absolute atomic E-state index is 12.8. The van der Waals surface area contributed by atoms with Gasteiger partial charge in [0.15, 0.2) is 6.29 Å². The van der Waals surface area contributed by atoms with E-state index in [9.17, 15) is 20.0 Å². The first-order valence-electron chi connectivity index (χ1n) is 13.9. The molecule has 9 heteroatoms. The van der Waals surface area contributed by atoms with Crippen LogP contribution in [0.25, 0.3) is 23.3 Å². The van der Waals surface area contributed by atoms with Crippen molar-refractivity contribution in [3.63, 3.8) is 0 Å². The van der Waals surface area contributed by atoms with Crippen molar-refractivity contribution >= 4 is 41.6 Å². The second-order valence-electron chi connectivity index (χ2n) is 10.6. The van der Waals surface area contributed by atoms with Gasteiger partial charge in [0, 0.05) is 53.9 Å². The number of carbonyl (C=O) groups excluding carboxylic acids is 2. The van der Waals surface area contributed by atoms with E-state index in [2.05, 4.69) is 26.3 Å². The molecule has 1 saturated heterocycles. The number of benzene rings is 2. The molecule has 0 bridgehead atoms. The molecule has 216 valence electrons. The number of aliphatic hydroxyl groups excluding tert-OH is 1. The van der Waals surface area contributed by atoms with Crippen molar-refractivity contribution in [2.75, 3.05) is 18.4 Å². The van der Waals surface area contributed by atoms with Gasteiger partial charge in [0.05, 0.1) is 17.4 Å². The summed E-state index contributed by atoms with van der Waals surface area (Å²) in [5.41, 5.74) is 7.30. The van der Waals surface area contributed by atoms with Crippen LogP contribution in [0, 0.1) is 25.2 Å². The van der Waals surface area contributed by atoms with E-state index < -0.39 is 5.91 Å². The number of aliphatic hydroxyl groups is 1. The highest BCUT2D eigenvalue weighted by Gasteiger charge is 2.21. The number of nitrogens with one attached hydrogen (secondary N) is 1. The van der Waals surface area contributed by atoms with Crippen molar-refractivity contribution in [3.05, 3.63) is 111 Å². The highest BCUT2D eigenvalue weighted by atomic mass is 35.5. The molecule has 0 unspecified atom stereocenters. The average molecular weight is 592 g/mol. The second kappa shape index (κ2) is 13.1. The Morgan fingerprint density at radius 1 is 1.16 bits per heavy atom. The zero-order chi connectivity index (χ0) is 30.5. The number of β-amino-alcohol motifs (C(OH)–C–C–N with tert-alkyl or cyclic N) is 1. The molecule has 1 fully saturated rings. The quantitative estimate of drug-likeness (QED) is 0.238. The molecule has 1 aliphatic heterocycles. The van der Waals surface area contributed by atoms with Gasteiger partial charge in [-0.3, -0.25) is 24.5 Å². The molecular formula is C34H30ClN5O3. The zero-order valence-corrected chi connectivity index (χ0v) is 24.6. The van der Waals surface area contributed by atoms with Crippen LogP contribution in [0.1, 0.15) is 60.8 Å². The minimum absolute atomic E-state index is 0.182. The number of likely N-dealkylation sites (tertiary alicyclic amines) is 1. The molecule has 5 rings (SSSR count). The standard InChI is InChI=1S/C34H30ClN5O3/c1-21-14-24(30(35)15-25(21)18-40-13-11-26(42)19-40)7-9-32-29(16-36)28(10-12-37-32)27-4-3-5-31(22(27)2)39-34(43)33-8-6-23(20-41)17-38-33/h3-10,12,14-15,17,20,26,42H,11,13,18-19H2,1-2H3,(H,39,43)/b9-7+/t26-/m1/s1. The molecule has 2 N–H and O–H groups in total. The van der Waals surface area contributed by atoms with Crippen molar-refractivity contribution in [3.8, 4) is 17.2 Å². The van der Waals surface area contributed by atoms with Gasteiger partial charge in [0.1, 0.15) is 11.8 Å². The lowest BCUT2D eigenvalue weighted by atomic mass is 9.94. The molecule has 0 saturated carbocycles. The number of aldehydes is 1. The normalized spacial score (nSPS) is 15.0. The maximum Gasteiger partial charge on any atom is 0.274 e. The summed E-state index contributed by atoms with van der Waals surface area (Å²) in [5, 5.41) is 23.5. The molecule has 2 aromatic heterocycles. The third kappa shape index (κ3) is 6.71. The van der Waals surface area contributed by atoms with E-state index in [-0.39, 0.29) is 11.8 Å². The van der Waals surface area contributed by atoms with Gasteiger partial charge >= 0.3 is 0 Å². The number of amides is 1. The summed E-state index contributed by atoms with van der Waals surface area (Å²) in [7, 11) is 0. The lowest BCUT2D eigenvalue weighted by molar-refractivity contribution is 0.102. The van der Waals surface area contributed by atoms with E-state index in [0.717, 1.165) is 47.3 Å². The van der Waals surface area contributed by atoms with Gasteiger partial charge < -0.3 is 10.4 Å². The molecule has 3 heterocycles. The van der Waals surface area contributed by atoms with Gasteiger partial charge in [-0.25, -0.2) is 0 Å². The molecular weight excluding hydrogens is 562 g/mol. The van der Waals surface area contributed by atoms with E-state index >= 15 is 0 Å². The van der Waals surface area contributed by atoms with Crippen LogP contribution in [-0.2, 0) is 6.54 Å². The minimum atomic E-state index is -0.409. The summed E-state index contributed by atoms with van der Waals surface area (Å²) in [6.07, 6.45) is 7.83. The molecule has 2 aromatic carbocycles. The topological polar surface area (TPSA) is 119 Å². The molecule has 1 atom stereocenters. The third-order valence-electron chi connectivity index (χ3n) is 7.64. The molecule has 0 aliphatic carbocycles. The van der Waals surface area contributed by atoms with Gasteiger partial charge in [-0.1, -0.05) is 35.9 Å². The van der Waals surface area contributed by atoms with Crippen molar-refractivity contribution < 1.29 is 14.7 Å². The third-order valence-corrected chi connectivity index (χ3v) is 7.96. The van der Waals surface area contributed by atoms with Gasteiger partial charge in [0.2, 0.25) is 0 Å².